The third-order valence-electron chi connectivity index (χ3n) is 5.16. The summed E-state index contributed by atoms with van der Waals surface area (Å²) in [4.78, 5) is 27.7. The van der Waals surface area contributed by atoms with E-state index in [0.717, 1.165) is 38.0 Å². The zero-order valence-electron chi connectivity index (χ0n) is 23.4. The Kier molecular flexibility index (Phi) is 24.0. The summed E-state index contributed by atoms with van der Waals surface area (Å²) >= 11 is 11.8. The number of aliphatic imine (C=N–C) groups is 1. The lowest BCUT2D eigenvalue weighted by molar-refractivity contribution is -0.117. The molecular formula is C26H46Cl2N6O5. The van der Waals surface area contributed by atoms with Crippen LogP contribution in [0.3, 0.4) is 0 Å². The first-order valence-electron chi connectivity index (χ1n) is 13.0. The molecule has 13 heteroatoms. The van der Waals surface area contributed by atoms with E-state index in [4.69, 9.17) is 48.9 Å². The van der Waals surface area contributed by atoms with Crippen LogP contribution in [0.2, 0.25) is 10.0 Å². The third kappa shape index (κ3) is 21.6. The highest BCUT2D eigenvalue weighted by atomic mass is 35.5. The van der Waals surface area contributed by atoms with E-state index in [-0.39, 0.29) is 18.4 Å². The molecule has 1 rings (SSSR count). The van der Waals surface area contributed by atoms with Gasteiger partial charge in [-0.25, -0.2) is 4.99 Å². The van der Waals surface area contributed by atoms with Gasteiger partial charge in [-0.15, -0.1) is 0 Å². The number of aldehydes is 1. The molecule has 224 valence electrons. The number of nitrogens with two attached hydrogens (primary N) is 2. The van der Waals surface area contributed by atoms with Gasteiger partial charge in [-0.3, -0.25) is 4.79 Å². The largest absolute Gasteiger partial charge is 0.387 e. The summed E-state index contributed by atoms with van der Waals surface area (Å²) in [5.74, 6) is 0.0823. The summed E-state index contributed by atoms with van der Waals surface area (Å²) in [5, 5.41) is 7.17. The maximum Gasteiger partial charge on any atom is 0.247 e. The lowest BCUT2D eigenvalue weighted by atomic mass is 10.1. The van der Waals surface area contributed by atoms with Gasteiger partial charge in [0, 0.05) is 44.2 Å². The Labute approximate surface area is 242 Å². The van der Waals surface area contributed by atoms with Crippen LogP contribution < -0.4 is 22.1 Å². The van der Waals surface area contributed by atoms with Crippen LogP contribution in [0.1, 0.15) is 19.8 Å². The lowest BCUT2D eigenvalue weighted by Crippen LogP contribution is -2.28. The molecule has 0 radical (unpaired) electrons. The van der Waals surface area contributed by atoms with E-state index in [1.54, 1.807) is 12.1 Å². The molecule has 0 bridgehead atoms. The smallest absolute Gasteiger partial charge is 0.247 e. The van der Waals surface area contributed by atoms with Gasteiger partial charge in [-0.1, -0.05) is 30.1 Å². The second-order valence-electron chi connectivity index (χ2n) is 8.61. The average molecular weight is 594 g/mol. The van der Waals surface area contributed by atoms with Crippen LogP contribution >= 0.6 is 23.2 Å². The number of hydrogen-bond donors (Lipinski definition) is 4. The molecule has 1 aromatic carbocycles. The van der Waals surface area contributed by atoms with Crippen LogP contribution in [0.4, 0.5) is 5.69 Å². The summed E-state index contributed by atoms with van der Waals surface area (Å²) in [6.07, 6.45) is 1.90. The highest BCUT2D eigenvalue weighted by molar-refractivity contribution is 6.42. The molecule has 1 atom stereocenters. The van der Waals surface area contributed by atoms with Crippen LogP contribution in [0.5, 0.6) is 0 Å². The number of nitrogens with zero attached hydrogens (tertiary/aromatic N) is 2. The Bertz CT molecular complexity index is 819. The van der Waals surface area contributed by atoms with Gasteiger partial charge in [0.1, 0.15) is 18.7 Å². The molecule has 0 fully saturated rings. The van der Waals surface area contributed by atoms with Crippen LogP contribution in [-0.2, 0) is 23.8 Å². The van der Waals surface area contributed by atoms with E-state index in [9.17, 15) is 9.59 Å². The number of ether oxygens (including phenoxy) is 3. The number of amidine groups is 1. The average Bonchev–Trinajstić information content (AvgIpc) is 2.91. The summed E-state index contributed by atoms with van der Waals surface area (Å²) in [7, 11) is 3.83. The second kappa shape index (κ2) is 25.2. The Balaban J connectivity index is 0.000000768. The molecule has 11 nitrogen and oxygen atoms in total. The first kappa shape index (κ1) is 37.2. The molecule has 0 aliphatic rings. The number of amides is 1. The molecule has 1 aromatic rings. The maximum absolute atomic E-state index is 11.6. The lowest BCUT2D eigenvalue weighted by Gasteiger charge is -2.16. The Hall–Kier alpha value is -1.83. The van der Waals surface area contributed by atoms with Crippen LogP contribution in [0.15, 0.2) is 23.2 Å². The molecule has 0 aliphatic carbocycles. The summed E-state index contributed by atoms with van der Waals surface area (Å²) in [6.45, 7) is 8.58. The number of nitrogens with one attached hydrogen (secondary N) is 2. The molecule has 39 heavy (non-hydrogen) atoms. The molecule has 0 saturated heterocycles. The van der Waals surface area contributed by atoms with Gasteiger partial charge < -0.3 is 46.0 Å². The topological polar surface area (TPSA) is 154 Å². The maximum atomic E-state index is 11.6. The first-order chi connectivity index (χ1) is 18.7. The minimum atomic E-state index is -0.186. The predicted octanol–water partition coefficient (Wildman–Crippen LogP) is 2.05. The quantitative estimate of drug-likeness (QED) is 0.0721. The van der Waals surface area contributed by atoms with Crippen molar-refractivity contribution in [1.82, 2.24) is 10.2 Å². The highest BCUT2D eigenvalue weighted by Gasteiger charge is 2.10. The third-order valence-corrected chi connectivity index (χ3v) is 5.90. The molecule has 0 saturated carbocycles. The van der Waals surface area contributed by atoms with Crippen molar-refractivity contribution < 1.29 is 23.8 Å². The summed E-state index contributed by atoms with van der Waals surface area (Å²) in [5.41, 5.74) is 12.0. The first-order valence-corrected chi connectivity index (χ1v) is 13.8. The van der Waals surface area contributed by atoms with Gasteiger partial charge in [0.25, 0.3) is 0 Å². The number of carbonyl (C=O) groups excluding carboxylic acids is 2. The van der Waals surface area contributed by atoms with Gasteiger partial charge in [0.05, 0.1) is 43.1 Å². The molecule has 0 spiro atoms. The van der Waals surface area contributed by atoms with Gasteiger partial charge >= 0.3 is 0 Å². The van der Waals surface area contributed by atoms with Gasteiger partial charge in [-0.2, -0.15) is 0 Å². The number of benzene rings is 1. The van der Waals surface area contributed by atoms with Gasteiger partial charge in [0.15, 0.2) is 0 Å². The fourth-order valence-electron chi connectivity index (χ4n) is 2.80. The molecule has 1 unspecified atom stereocenters. The standard InChI is InChI=1S/C15H22Cl2N4O.C11H24N2O4/c1-10(15(18)21-14(22)4-3-7-19-2)9-20-11-5-6-12(16)13(17)8-11;1-13(3-7-16-9-5-14)4-8-17-11-10-15-6-2-12/h5-6,8,10,19-20H,3-4,7,9H2,1-2H3,(H2,18,21,22);5H,2-4,6-12H2,1H3. The van der Waals surface area contributed by atoms with Crippen LogP contribution in [0.25, 0.3) is 0 Å². The fraction of sp³-hybridized carbons (Fsp3) is 0.654. The van der Waals surface area contributed by atoms with Crippen LogP contribution in [0, 0.1) is 5.92 Å². The molecular weight excluding hydrogens is 547 g/mol. The zero-order valence-corrected chi connectivity index (χ0v) is 24.9. The minimum absolute atomic E-state index is 0.0669. The Morgan fingerprint density at radius 2 is 1.77 bits per heavy atom. The van der Waals surface area contributed by atoms with E-state index in [2.05, 4.69) is 20.5 Å². The van der Waals surface area contributed by atoms with E-state index in [1.807, 2.05) is 27.1 Å². The number of carbonyl (C=O) groups is 2. The normalized spacial score (nSPS) is 12.1. The second-order valence-corrected chi connectivity index (χ2v) is 9.42. The van der Waals surface area contributed by atoms with Crippen molar-refractivity contribution in [3.8, 4) is 0 Å². The van der Waals surface area contributed by atoms with Crippen molar-refractivity contribution in [3.05, 3.63) is 28.2 Å². The van der Waals surface area contributed by atoms with E-state index < -0.39 is 0 Å². The number of hydrogen-bond acceptors (Lipinski definition) is 9. The highest BCUT2D eigenvalue weighted by Crippen LogP contribution is 2.25. The molecule has 6 N–H and O–H groups in total. The Morgan fingerprint density at radius 1 is 1.10 bits per heavy atom. The zero-order chi connectivity index (χ0) is 29.3. The molecule has 1 amide bonds. The van der Waals surface area contributed by atoms with Crippen molar-refractivity contribution >= 4 is 46.9 Å². The van der Waals surface area contributed by atoms with Gasteiger partial charge in [0.2, 0.25) is 5.91 Å². The van der Waals surface area contributed by atoms with Crippen molar-refractivity contribution in [1.29, 1.82) is 0 Å². The molecule has 0 aliphatic heterocycles. The molecule has 0 heterocycles. The number of anilines is 1. The minimum Gasteiger partial charge on any atom is -0.387 e. The van der Waals surface area contributed by atoms with Crippen molar-refractivity contribution in [2.45, 2.75) is 19.8 Å². The van der Waals surface area contributed by atoms with E-state index >= 15 is 0 Å². The summed E-state index contributed by atoms with van der Waals surface area (Å²) in [6, 6.07) is 5.30. The fourth-order valence-corrected chi connectivity index (χ4v) is 3.10. The number of rotatable bonds is 21. The number of halogens is 2. The monoisotopic (exact) mass is 592 g/mol. The van der Waals surface area contributed by atoms with Crippen molar-refractivity contribution in [3.63, 3.8) is 0 Å². The van der Waals surface area contributed by atoms with Crippen molar-refractivity contribution in [2.75, 3.05) is 91.8 Å². The molecule has 0 aromatic heterocycles. The number of likely N-dealkylation sites (N-methyl/N-ethyl adjacent to an activating group) is 1. The van der Waals surface area contributed by atoms with Crippen molar-refractivity contribution in [2.24, 2.45) is 22.4 Å². The van der Waals surface area contributed by atoms with E-state index in [0.29, 0.717) is 68.4 Å². The predicted molar refractivity (Wildman–Crippen MR) is 159 cm³/mol. The SMILES string of the molecule is CN(CCOCC=O)CCOCCOCCN.CNCCCC(=O)N=C(N)C(C)CNc1ccc(Cl)c(Cl)c1. The van der Waals surface area contributed by atoms with Crippen LogP contribution in [-0.4, -0.2) is 109 Å². The van der Waals surface area contributed by atoms with Gasteiger partial charge in [-0.05, 0) is 45.3 Å². The van der Waals surface area contributed by atoms with E-state index in [1.165, 1.54) is 0 Å². The Morgan fingerprint density at radius 3 is 2.38 bits per heavy atom. The summed E-state index contributed by atoms with van der Waals surface area (Å²) < 4.78 is 15.6.